The Balaban J connectivity index is 1.39. The number of likely N-dealkylation sites (tertiary alicyclic amines) is 1. The lowest BCUT2D eigenvalue weighted by Gasteiger charge is -2.43. The van der Waals surface area contributed by atoms with Crippen LogP contribution in [0.4, 0.5) is 8.78 Å². The summed E-state index contributed by atoms with van der Waals surface area (Å²) in [7, 11) is 0. The number of fused-ring (bicyclic) bond motifs is 3. The predicted molar refractivity (Wildman–Crippen MR) is 137 cm³/mol. The van der Waals surface area contributed by atoms with Crippen molar-refractivity contribution in [1.29, 1.82) is 0 Å². The highest BCUT2D eigenvalue weighted by Gasteiger charge is 2.38. The number of hydrogen-bond acceptors (Lipinski definition) is 4. The van der Waals surface area contributed by atoms with Gasteiger partial charge in [0.2, 0.25) is 0 Å². The van der Waals surface area contributed by atoms with Gasteiger partial charge < -0.3 is 4.74 Å². The van der Waals surface area contributed by atoms with Crippen LogP contribution in [0.15, 0.2) is 48.5 Å². The second kappa shape index (κ2) is 9.56. The largest absolute Gasteiger partial charge is 0.492 e. The monoisotopic (exact) mass is 484 g/mol. The molecule has 0 radical (unpaired) electrons. The molecule has 3 nitrogen and oxygen atoms in total. The molecule has 5 rings (SSSR count). The van der Waals surface area contributed by atoms with Gasteiger partial charge in [0.05, 0.1) is 12.7 Å². The quantitative estimate of drug-likeness (QED) is 0.375. The summed E-state index contributed by atoms with van der Waals surface area (Å²) >= 11 is 1.87. The van der Waals surface area contributed by atoms with Gasteiger partial charge in [-0.3, -0.25) is 14.2 Å². The molecule has 2 atom stereocenters. The lowest BCUT2D eigenvalue weighted by molar-refractivity contribution is 0.0666. The van der Waals surface area contributed by atoms with Crippen LogP contribution in [0.2, 0.25) is 0 Å². The smallest absolute Gasteiger partial charge is 0.119 e. The Morgan fingerprint density at radius 1 is 1.09 bits per heavy atom. The van der Waals surface area contributed by atoms with Crippen LogP contribution in [0, 0.1) is 5.92 Å². The van der Waals surface area contributed by atoms with E-state index in [0.29, 0.717) is 13.2 Å². The fraction of sp³-hybridized carbons (Fsp3) is 0.500. The summed E-state index contributed by atoms with van der Waals surface area (Å²) in [6.45, 7) is 8.79. The topological polar surface area (TPSA) is 15.7 Å². The third kappa shape index (κ3) is 4.86. The van der Waals surface area contributed by atoms with E-state index in [4.69, 9.17) is 4.74 Å². The molecule has 0 aliphatic carbocycles. The SMILES string of the molecule is C[C@@H]1Cc2sc3ccccc3c2[C@@H](c2ccc(OCCN3CC(CF)C3)cc2)N1CC(C)(C)F. The van der Waals surface area contributed by atoms with E-state index < -0.39 is 5.67 Å². The Morgan fingerprint density at radius 3 is 2.53 bits per heavy atom. The van der Waals surface area contributed by atoms with Gasteiger partial charge in [0, 0.05) is 47.7 Å². The maximum absolute atomic E-state index is 14.9. The fourth-order valence-electron chi connectivity index (χ4n) is 5.41. The molecule has 34 heavy (non-hydrogen) atoms. The zero-order valence-electron chi connectivity index (χ0n) is 20.3. The molecular weight excluding hydrogens is 450 g/mol. The van der Waals surface area contributed by atoms with Crippen LogP contribution in [0.3, 0.4) is 0 Å². The highest BCUT2D eigenvalue weighted by atomic mass is 32.1. The van der Waals surface area contributed by atoms with E-state index >= 15 is 0 Å². The molecule has 0 amide bonds. The second-order valence-electron chi connectivity index (χ2n) is 10.5. The van der Waals surface area contributed by atoms with E-state index in [1.54, 1.807) is 13.8 Å². The van der Waals surface area contributed by atoms with E-state index in [1.807, 2.05) is 23.5 Å². The standard InChI is InChI=1S/C28H34F2N2OS/c1-19-14-25-26(23-6-4-5-7-24(23)34-25)27(32(19)18-28(2,3)30)21-8-10-22(11-9-21)33-13-12-31-16-20(15-29)17-31/h4-11,19-20,27H,12-18H2,1-3H3/t19-,27-/m1/s1. The lowest BCUT2D eigenvalue weighted by atomic mass is 9.87. The van der Waals surface area contributed by atoms with Gasteiger partial charge in [0.15, 0.2) is 0 Å². The van der Waals surface area contributed by atoms with Crippen molar-refractivity contribution < 1.29 is 13.5 Å². The van der Waals surface area contributed by atoms with Crippen LogP contribution >= 0.6 is 11.3 Å². The molecule has 1 aromatic heterocycles. The van der Waals surface area contributed by atoms with E-state index in [0.717, 1.165) is 31.8 Å². The molecular formula is C28H34F2N2OS. The van der Waals surface area contributed by atoms with Gasteiger partial charge in [-0.25, -0.2) is 4.39 Å². The molecule has 0 saturated carbocycles. The molecule has 2 aliphatic heterocycles. The summed E-state index contributed by atoms with van der Waals surface area (Å²) in [5.41, 5.74) is 1.22. The minimum Gasteiger partial charge on any atom is -0.492 e. The van der Waals surface area contributed by atoms with Crippen LogP contribution in [-0.2, 0) is 6.42 Å². The molecule has 0 spiro atoms. The summed E-state index contributed by atoms with van der Waals surface area (Å²) in [6, 6.07) is 17.2. The van der Waals surface area contributed by atoms with Crippen LogP contribution in [0.5, 0.6) is 5.75 Å². The zero-order chi connectivity index (χ0) is 23.9. The van der Waals surface area contributed by atoms with Crippen molar-refractivity contribution in [3.05, 3.63) is 64.5 Å². The normalized spacial score (nSPS) is 22.0. The summed E-state index contributed by atoms with van der Waals surface area (Å²) in [4.78, 5) is 5.97. The van der Waals surface area contributed by atoms with Crippen LogP contribution in [0.1, 0.15) is 42.8 Å². The maximum Gasteiger partial charge on any atom is 0.119 e. The van der Waals surface area contributed by atoms with Gasteiger partial charge in [-0.2, -0.15) is 0 Å². The Hall–Kier alpha value is -2.02. The fourth-order valence-corrected chi connectivity index (χ4v) is 6.76. The molecule has 1 fully saturated rings. The van der Waals surface area contributed by atoms with Gasteiger partial charge in [-0.1, -0.05) is 30.3 Å². The predicted octanol–water partition coefficient (Wildman–Crippen LogP) is 6.27. The van der Waals surface area contributed by atoms with Crippen molar-refractivity contribution in [2.24, 2.45) is 5.92 Å². The van der Waals surface area contributed by atoms with E-state index in [-0.39, 0.29) is 24.7 Å². The van der Waals surface area contributed by atoms with Gasteiger partial charge in [0.1, 0.15) is 18.0 Å². The maximum atomic E-state index is 14.9. The highest BCUT2D eigenvalue weighted by molar-refractivity contribution is 7.19. The van der Waals surface area contributed by atoms with Gasteiger partial charge in [-0.15, -0.1) is 11.3 Å². The minimum atomic E-state index is -1.28. The molecule has 0 bridgehead atoms. The van der Waals surface area contributed by atoms with Gasteiger partial charge >= 0.3 is 0 Å². The lowest BCUT2D eigenvalue weighted by Crippen LogP contribution is -2.49. The Labute approximate surface area is 205 Å². The Morgan fingerprint density at radius 2 is 1.82 bits per heavy atom. The van der Waals surface area contributed by atoms with Gasteiger partial charge in [-0.05, 0) is 61.9 Å². The Bertz CT molecular complexity index is 1120. The zero-order valence-corrected chi connectivity index (χ0v) is 21.1. The van der Waals surface area contributed by atoms with Crippen LogP contribution < -0.4 is 4.74 Å². The van der Waals surface area contributed by atoms with E-state index in [9.17, 15) is 8.78 Å². The first-order valence-electron chi connectivity index (χ1n) is 12.3. The molecule has 6 heteroatoms. The Kier molecular flexibility index (Phi) is 6.66. The summed E-state index contributed by atoms with van der Waals surface area (Å²) < 4.78 is 34.8. The minimum absolute atomic E-state index is 0.0118. The van der Waals surface area contributed by atoms with Crippen LogP contribution in [0.25, 0.3) is 10.1 Å². The number of halogens is 2. The number of hydrogen-bond donors (Lipinski definition) is 0. The van der Waals surface area contributed by atoms with Crippen molar-refractivity contribution in [2.45, 2.75) is 44.9 Å². The molecule has 1 saturated heterocycles. The summed E-state index contributed by atoms with van der Waals surface area (Å²) in [5.74, 6) is 1.04. The number of rotatable bonds is 8. The first-order chi connectivity index (χ1) is 16.3. The molecule has 3 heterocycles. The first kappa shape index (κ1) is 23.7. The van der Waals surface area contributed by atoms with Crippen molar-refractivity contribution >= 4 is 21.4 Å². The van der Waals surface area contributed by atoms with E-state index in [1.165, 1.54) is 26.1 Å². The average molecular weight is 485 g/mol. The first-order valence-corrected chi connectivity index (χ1v) is 13.1. The average Bonchev–Trinajstić information content (AvgIpc) is 3.13. The van der Waals surface area contributed by atoms with Crippen molar-refractivity contribution in [3.63, 3.8) is 0 Å². The number of alkyl halides is 2. The van der Waals surface area contributed by atoms with Gasteiger partial charge in [0.25, 0.3) is 0 Å². The summed E-state index contributed by atoms with van der Waals surface area (Å²) in [5, 5.41) is 1.28. The van der Waals surface area contributed by atoms with E-state index in [2.05, 4.69) is 53.1 Å². The molecule has 182 valence electrons. The third-order valence-corrected chi connectivity index (χ3v) is 8.25. The molecule has 2 aliphatic rings. The highest BCUT2D eigenvalue weighted by Crippen LogP contribution is 2.46. The number of ether oxygens (including phenoxy) is 1. The van der Waals surface area contributed by atoms with Crippen molar-refractivity contribution in [3.8, 4) is 5.75 Å². The third-order valence-electron chi connectivity index (χ3n) is 7.04. The molecule has 2 aromatic carbocycles. The summed E-state index contributed by atoms with van der Waals surface area (Å²) in [6.07, 6.45) is 0.947. The molecule has 3 aromatic rings. The molecule has 0 unspecified atom stereocenters. The van der Waals surface area contributed by atoms with Crippen molar-refractivity contribution in [1.82, 2.24) is 9.80 Å². The van der Waals surface area contributed by atoms with Crippen molar-refractivity contribution in [2.75, 3.05) is 39.5 Å². The number of benzene rings is 2. The molecule has 0 N–H and O–H groups in total. The number of thiophene rings is 1. The van der Waals surface area contributed by atoms with Crippen LogP contribution in [-0.4, -0.2) is 61.0 Å². The second-order valence-corrected chi connectivity index (χ2v) is 11.6. The number of nitrogens with zero attached hydrogens (tertiary/aromatic N) is 2.